The number of hydrogen-bond acceptors (Lipinski definition) is 3. The molecule has 6 heteroatoms. The third kappa shape index (κ3) is 3.97. The summed E-state index contributed by atoms with van der Waals surface area (Å²) in [6.07, 6.45) is 2.65. The average molecular weight is 372 g/mol. The normalized spacial score (nSPS) is 14.7. The Labute approximate surface area is 155 Å². The van der Waals surface area contributed by atoms with Gasteiger partial charge in [0.15, 0.2) is 0 Å². The van der Waals surface area contributed by atoms with Gasteiger partial charge in [-0.2, -0.15) is 4.31 Å². The van der Waals surface area contributed by atoms with Gasteiger partial charge in [-0.1, -0.05) is 37.6 Å². The van der Waals surface area contributed by atoms with Crippen molar-refractivity contribution in [1.29, 1.82) is 0 Å². The molecule has 1 aliphatic rings. The maximum Gasteiger partial charge on any atom is 0.251 e. The number of hydrogen-bond donors (Lipinski definition) is 1. The standard InChI is InChI=1S/C20H24N2O3S/c1-2-3-13-21-20(23)17-8-10-19(11-9-17)26(24,25)22-14-12-16-6-4-5-7-18(16)15-22/h4-11H,2-3,12-15H2,1H3,(H,21,23). The zero-order valence-corrected chi connectivity index (χ0v) is 15.8. The van der Waals surface area contributed by atoms with Gasteiger partial charge in [-0.3, -0.25) is 4.79 Å². The Bertz CT molecular complexity index is 876. The number of rotatable bonds is 6. The van der Waals surface area contributed by atoms with Crippen LogP contribution in [0.4, 0.5) is 0 Å². The molecule has 0 aromatic heterocycles. The number of nitrogens with one attached hydrogen (secondary N) is 1. The van der Waals surface area contributed by atoms with Crippen LogP contribution in [-0.2, 0) is 23.0 Å². The smallest absolute Gasteiger partial charge is 0.251 e. The van der Waals surface area contributed by atoms with Gasteiger partial charge in [0.25, 0.3) is 5.91 Å². The predicted molar refractivity (Wildman–Crippen MR) is 101 cm³/mol. The van der Waals surface area contributed by atoms with E-state index in [4.69, 9.17) is 0 Å². The minimum atomic E-state index is -3.57. The first-order chi connectivity index (χ1) is 12.5. The van der Waals surface area contributed by atoms with Crippen molar-refractivity contribution in [3.05, 3.63) is 65.2 Å². The monoisotopic (exact) mass is 372 g/mol. The van der Waals surface area contributed by atoms with Crippen LogP contribution in [0.2, 0.25) is 0 Å². The summed E-state index contributed by atoms with van der Waals surface area (Å²) in [6.45, 7) is 3.55. The fourth-order valence-corrected chi connectivity index (χ4v) is 4.50. The Morgan fingerprint density at radius 2 is 1.77 bits per heavy atom. The Hall–Kier alpha value is -2.18. The molecule has 138 valence electrons. The molecule has 0 unspecified atom stereocenters. The summed E-state index contributed by atoms with van der Waals surface area (Å²) in [7, 11) is -3.57. The second kappa shape index (κ2) is 8.01. The molecular weight excluding hydrogens is 348 g/mol. The van der Waals surface area contributed by atoms with E-state index in [-0.39, 0.29) is 10.8 Å². The summed E-state index contributed by atoms with van der Waals surface area (Å²) < 4.78 is 27.3. The lowest BCUT2D eigenvalue weighted by Crippen LogP contribution is -2.36. The topological polar surface area (TPSA) is 66.5 Å². The third-order valence-electron chi connectivity index (χ3n) is 4.67. The fourth-order valence-electron chi connectivity index (χ4n) is 3.08. The summed E-state index contributed by atoms with van der Waals surface area (Å²) in [5, 5.41) is 2.83. The van der Waals surface area contributed by atoms with Crippen LogP contribution < -0.4 is 5.32 Å². The van der Waals surface area contributed by atoms with E-state index >= 15 is 0 Å². The van der Waals surface area contributed by atoms with Gasteiger partial charge in [0.2, 0.25) is 10.0 Å². The third-order valence-corrected chi connectivity index (χ3v) is 6.53. The molecule has 0 radical (unpaired) electrons. The summed E-state index contributed by atoms with van der Waals surface area (Å²) in [6, 6.07) is 14.1. The van der Waals surface area contributed by atoms with Crippen molar-refractivity contribution >= 4 is 15.9 Å². The van der Waals surface area contributed by atoms with Gasteiger partial charge in [0.1, 0.15) is 0 Å². The van der Waals surface area contributed by atoms with Crippen molar-refractivity contribution in [3.8, 4) is 0 Å². The zero-order chi connectivity index (χ0) is 18.6. The number of nitrogens with zero attached hydrogens (tertiary/aromatic N) is 1. The molecule has 1 N–H and O–H groups in total. The molecule has 0 aliphatic carbocycles. The highest BCUT2D eigenvalue weighted by atomic mass is 32.2. The minimum absolute atomic E-state index is 0.172. The Morgan fingerprint density at radius 1 is 1.08 bits per heavy atom. The number of carbonyl (C=O) groups excluding carboxylic acids is 1. The van der Waals surface area contributed by atoms with E-state index in [9.17, 15) is 13.2 Å². The molecule has 0 saturated heterocycles. The minimum Gasteiger partial charge on any atom is -0.352 e. The first-order valence-corrected chi connectivity index (χ1v) is 10.4. The molecule has 3 rings (SSSR count). The van der Waals surface area contributed by atoms with Crippen molar-refractivity contribution in [2.24, 2.45) is 0 Å². The first kappa shape index (κ1) is 18.6. The SMILES string of the molecule is CCCCNC(=O)c1ccc(S(=O)(=O)N2CCc3ccccc3C2)cc1. The van der Waals surface area contributed by atoms with Crippen LogP contribution in [0.25, 0.3) is 0 Å². The summed E-state index contributed by atoms with van der Waals surface area (Å²) >= 11 is 0. The van der Waals surface area contributed by atoms with E-state index in [2.05, 4.69) is 12.2 Å². The maximum atomic E-state index is 12.9. The quantitative estimate of drug-likeness (QED) is 0.793. The largest absolute Gasteiger partial charge is 0.352 e. The molecule has 5 nitrogen and oxygen atoms in total. The van der Waals surface area contributed by atoms with Crippen molar-refractivity contribution in [2.45, 2.75) is 37.6 Å². The summed E-state index contributed by atoms with van der Waals surface area (Å²) in [5.74, 6) is -0.172. The second-order valence-electron chi connectivity index (χ2n) is 6.49. The number of sulfonamides is 1. The van der Waals surface area contributed by atoms with E-state index in [0.717, 1.165) is 18.4 Å². The van der Waals surface area contributed by atoms with E-state index in [1.807, 2.05) is 24.3 Å². The molecule has 2 aromatic carbocycles. The lowest BCUT2D eigenvalue weighted by atomic mass is 10.0. The van der Waals surface area contributed by atoms with Gasteiger partial charge in [0, 0.05) is 25.2 Å². The highest BCUT2D eigenvalue weighted by Crippen LogP contribution is 2.25. The lowest BCUT2D eigenvalue weighted by Gasteiger charge is -2.28. The molecule has 2 aromatic rings. The van der Waals surface area contributed by atoms with E-state index in [0.29, 0.717) is 31.6 Å². The Morgan fingerprint density at radius 3 is 2.46 bits per heavy atom. The number of unbranched alkanes of at least 4 members (excludes halogenated alkanes) is 1. The molecule has 0 fully saturated rings. The molecule has 0 saturated carbocycles. The van der Waals surface area contributed by atoms with Crippen molar-refractivity contribution in [1.82, 2.24) is 9.62 Å². The number of carbonyl (C=O) groups is 1. The maximum absolute atomic E-state index is 12.9. The highest BCUT2D eigenvalue weighted by Gasteiger charge is 2.28. The number of amides is 1. The number of benzene rings is 2. The highest BCUT2D eigenvalue weighted by molar-refractivity contribution is 7.89. The lowest BCUT2D eigenvalue weighted by molar-refractivity contribution is 0.0953. The molecule has 0 atom stereocenters. The van der Waals surface area contributed by atoms with Gasteiger partial charge in [0.05, 0.1) is 4.90 Å². The van der Waals surface area contributed by atoms with Gasteiger partial charge in [-0.25, -0.2) is 8.42 Å². The van der Waals surface area contributed by atoms with Crippen LogP contribution in [0.3, 0.4) is 0 Å². The summed E-state index contributed by atoms with van der Waals surface area (Å²) in [5.41, 5.74) is 2.73. The molecule has 1 amide bonds. The molecule has 1 heterocycles. The van der Waals surface area contributed by atoms with Crippen LogP contribution in [0.1, 0.15) is 41.3 Å². The van der Waals surface area contributed by atoms with E-state index in [1.165, 1.54) is 22.0 Å². The Kier molecular flexibility index (Phi) is 5.74. The molecule has 1 aliphatic heterocycles. The number of fused-ring (bicyclic) bond motifs is 1. The van der Waals surface area contributed by atoms with Gasteiger partial charge >= 0.3 is 0 Å². The summed E-state index contributed by atoms with van der Waals surface area (Å²) in [4.78, 5) is 12.3. The molecule has 0 bridgehead atoms. The van der Waals surface area contributed by atoms with Crippen molar-refractivity contribution in [3.63, 3.8) is 0 Å². The second-order valence-corrected chi connectivity index (χ2v) is 8.43. The fraction of sp³-hybridized carbons (Fsp3) is 0.350. The van der Waals surface area contributed by atoms with Gasteiger partial charge in [-0.05, 0) is 48.2 Å². The van der Waals surface area contributed by atoms with E-state index < -0.39 is 10.0 Å². The van der Waals surface area contributed by atoms with Crippen molar-refractivity contribution in [2.75, 3.05) is 13.1 Å². The molecule has 0 spiro atoms. The average Bonchev–Trinajstić information content (AvgIpc) is 2.67. The predicted octanol–water partition coefficient (Wildman–Crippen LogP) is 2.96. The Balaban J connectivity index is 1.73. The molecular formula is C20H24N2O3S. The van der Waals surface area contributed by atoms with Gasteiger partial charge in [-0.15, -0.1) is 0 Å². The molecule has 26 heavy (non-hydrogen) atoms. The van der Waals surface area contributed by atoms with Crippen LogP contribution in [0, 0.1) is 0 Å². The van der Waals surface area contributed by atoms with Gasteiger partial charge < -0.3 is 5.32 Å². The van der Waals surface area contributed by atoms with Crippen LogP contribution in [-0.4, -0.2) is 31.7 Å². The van der Waals surface area contributed by atoms with Crippen LogP contribution >= 0.6 is 0 Å². The van der Waals surface area contributed by atoms with Crippen molar-refractivity contribution < 1.29 is 13.2 Å². The van der Waals surface area contributed by atoms with Crippen LogP contribution in [0.15, 0.2) is 53.4 Å². The first-order valence-electron chi connectivity index (χ1n) is 8.97. The van der Waals surface area contributed by atoms with E-state index in [1.54, 1.807) is 12.1 Å². The zero-order valence-electron chi connectivity index (χ0n) is 14.9. The van der Waals surface area contributed by atoms with Crippen LogP contribution in [0.5, 0.6) is 0 Å².